The van der Waals surface area contributed by atoms with Crippen molar-refractivity contribution in [2.24, 2.45) is 0 Å². The summed E-state index contributed by atoms with van der Waals surface area (Å²) >= 11 is 3.27. The number of pyridine rings is 1. The Morgan fingerprint density at radius 3 is 2.63 bits per heavy atom. The summed E-state index contributed by atoms with van der Waals surface area (Å²) in [6.07, 6.45) is 2.26. The molecule has 0 atom stereocenters. The van der Waals surface area contributed by atoms with Crippen molar-refractivity contribution in [3.05, 3.63) is 58.7 Å². The molecule has 0 saturated heterocycles. The van der Waals surface area contributed by atoms with Gasteiger partial charge in [0.2, 0.25) is 5.91 Å². The summed E-state index contributed by atoms with van der Waals surface area (Å²) in [4.78, 5) is 15.9. The molecule has 0 aliphatic carbocycles. The first-order valence-corrected chi connectivity index (χ1v) is 7.00. The molecule has 1 N–H and O–H groups in total. The molecule has 4 heteroatoms. The summed E-state index contributed by atoms with van der Waals surface area (Å²) in [7, 11) is 0. The number of hydrogen-bond donors (Lipinski definition) is 1. The van der Waals surface area contributed by atoms with E-state index in [1.807, 2.05) is 30.3 Å². The molecule has 2 rings (SSSR count). The van der Waals surface area contributed by atoms with Crippen LogP contribution in [0.15, 0.2) is 53.1 Å². The molecule has 3 nitrogen and oxygen atoms in total. The number of nitrogens with one attached hydrogen (secondary N) is 1. The molecular formula is C15H15BrN2O. The van der Waals surface area contributed by atoms with Gasteiger partial charge in [0.05, 0.1) is 0 Å². The van der Waals surface area contributed by atoms with Gasteiger partial charge in [-0.1, -0.05) is 36.4 Å². The number of amides is 1. The van der Waals surface area contributed by atoms with Gasteiger partial charge >= 0.3 is 0 Å². The van der Waals surface area contributed by atoms with Crippen LogP contribution in [0.2, 0.25) is 0 Å². The van der Waals surface area contributed by atoms with Gasteiger partial charge in [-0.15, -0.1) is 0 Å². The second kappa shape index (κ2) is 7.04. The Hall–Kier alpha value is -1.68. The number of hydrogen-bond acceptors (Lipinski definition) is 2. The number of carbonyl (C=O) groups excluding carboxylic acids is 1. The lowest BCUT2D eigenvalue weighted by Gasteiger charge is -2.04. The van der Waals surface area contributed by atoms with E-state index in [0.717, 1.165) is 17.4 Å². The summed E-state index contributed by atoms with van der Waals surface area (Å²) in [5.41, 5.74) is 1.26. The monoisotopic (exact) mass is 318 g/mol. The predicted octanol–water partition coefficient (Wildman–Crippen LogP) is 3.81. The molecule has 1 heterocycles. The molecule has 1 aromatic heterocycles. The second-order valence-corrected chi connectivity index (χ2v) is 5.05. The minimum atomic E-state index is 0.00142. The molecule has 98 valence electrons. The summed E-state index contributed by atoms with van der Waals surface area (Å²) in [5.74, 6) is 0.584. The maximum atomic E-state index is 11.7. The van der Waals surface area contributed by atoms with Crippen LogP contribution in [0.3, 0.4) is 0 Å². The van der Waals surface area contributed by atoms with Gasteiger partial charge < -0.3 is 5.32 Å². The third-order valence-corrected chi connectivity index (χ3v) is 3.14. The molecule has 19 heavy (non-hydrogen) atoms. The number of carbonyl (C=O) groups is 1. The van der Waals surface area contributed by atoms with Crippen LogP contribution in [0.25, 0.3) is 0 Å². The third kappa shape index (κ3) is 4.83. The largest absolute Gasteiger partial charge is 0.311 e. The molecule has 0 aliphatic rings. The quantitative estimate of drug-likeness (QED) is 0.852. The molecule has 2 aromatic rings. The van der Waals surface area contributed by atoms with Crippen molar-refractivity contribution >= 4 is 27.7 Å². The molecule has 0 fully saturated rings. The molecule has 0 spiro atoms. The van der Waals surface area contributed by atoms with Crippen LogP contribution in [0, 0.1) is 0 Å². The zero-order chi connectivity index (χ0) is 13.5. The highest BCUT2D eigenvalue weighted by Crippen LogP contribution is 2.11. The fraction of sp³-hybridized carbons (Fsp3) is 0.200. The Balaban J connectivity index is 1.76. The minimum absolute atomic E-state index is 0.00142. The standard InChI is InChI=1S/C15H15BrN2O/c16-13-9-5-10-14(17-13)18-15(19)11-4-8-12-6-2-1-3-7-12/h1-3,5-7,9-10H,4,8,11H2,(H,17,18,19). The van der Waals surface area contributed by atoms with E-state index in [4.69, 9.17) is 0 Å². The Kier molecular flexibility index (Phi) is 5.10. The van der Waals surface area contributed by atoms with E-state index in [9.17, 15) is 4.79 Å². The lowest BCUT2D eigenvalue weighted by atomic mass is 10.1. The molecule has 0 saturated carbocycles. The van der Waals surface area contributed by atoms with Crippen molar-refractivity contribution in [1.82, 2.24) is 4.98 Å². The molecule has 1 aromatic carbocycles. The molecule has 0 unspecified atom stereocenters. The second-order valence-electron chi connectivity index (χ2n) is 4.23. The zero-order valence-corrected chi connectivity index (χ0v) is 12.1. The van der Waals surface area contributed by atoms with Crippen molar-refractivity contribution in [3.63, 3.8) is 0 Å². The van der Waals surface area contributed by atoms with Crippen LogP contribution in [-0.4, -0.2) is 10.9 Å². The Labute approximate surface area is 121 Å². The van der Waals surface area contributed by atoms with E-state index in [2.05, 4.69) is 38.4 Å². The van der Waals surface area contributed by atoms with Crippen LogP contribution in [0.1, 0.15) is 18.4 Å². The average molecular weight is 319 g/mol. The van der Waals surface area contributed by atoms with Gasteiger partial charge in [-0.05, 0) is 46.5 Å². The highest BCUT2D eigenvalue weighted by Gasteiger charge is 2.03. The van der Waals surface area contributed by atoms with Crippen molar-refractivity contribution in [1.29, 1.82) is 0 Å². The van der Waals surface area contributed by atoms with Crippen LogP contribution < -0.4 is 5.32 Å². The number of rotatable bonds is 5. The van der Waals surface area contributed by atoms with Gasteiger partial charge in [-0.3, -0.25) is 4.79 Å². The van der Waals surface area contributed by atoms with Gasteiger partial charge in [0.1, 0.15) is 10.4 Å². The average Bonchev–Trinajstić information content (AvgIpc) is 2.40. The smallest absolute Gasteiger partial charge is 0.225 e. The summed E-state index contributed by atoms with van der Waals surface area (Å²) < 4.78 is 0.717. The topological polar surface area (TPSA) is 42.0 Å². The highest BCUT2D eigenvalue weighted by atomic mass is 79.9. The van der Waals surface area contributed by atoms with E-state index >= 15 is 0 Å². The number of nitrogens with zero attached hydrogens (tertiary/aromatic N) is 1. The molecule has 0 bridgehead atoms. The fourth-order valence-electron chi connectivity index (χ4n) is 1.78. The predicted molar refractivity (Wildman–Crippen MR) is 79.9 cm³/mol. The number of aryl methyl sites for hydroxylation is 1. The maximum Gasteiger partial charge on any atom is 0.225 e. The first-order valence-electron chi connectivity index (χ1n) is 6.20. The summed E-state index contributed by atoms with van der Waals surface area (Å²) in [5, 5.41) is 2.79. The van der Waals surface area contributed by atoms with E-state index in [1.54, 1.807) is 6.07 Å². The number of anilines is 1. The fourth-order valence-corrected chi connectivity index (χ4v) is 2.12. The first-order chi connectivity index (χ1) is 9.24. The Morgan fingerprint density at radius 2 is 1.89 bits per heavy atom. The Bertz CT molecular complexity index is 543. The Morgan fingerprint density at radius 1 is 1.11 bits per heavy atom. The molecule has 1 amide bonds. The van der Waals surface area contributed by atoms with Crippen molar-refractivity contribution < 1.29 is 4.79 Å². The lowest BCUT2D eigenvalue weighted by molar-refractivity contribution is -0.116. The van der Waals surface area contributed by atoms with Gasteiger partial charge in [-0.2, -0.15) is 0 Å². The minimum Gasteiger partial charge on any atom is -0.311 e. The maximum absolute atomic E-state index is 11.7. The van der Waals surface area contributed by atoms with E-state index < -0.39 is 0 Å². The molecule has 0 aliphatic heterocycles. The number of halogens is 1. The van der Waals surface area contributed by atoms with Crippen LogP contribution in [0.5, 0.6) is 0 Å². The lowest BCUT2D eigenvalue weighted by Crippen LogP contribution is -2.12. The molecular weight excluding hydrogens is 304 g/mol. The van der Waals surface area contributed by atoms with Crippen LogP contribution >= 0.6 is 15.9 Å². The zero-order valence-electron chi connectivity index (χ0n) is 10.5. The van der Waals surface area contributed by atoms with Gasteiger partial charge in [0.25, 0.3) is 0 Å². The van der Waals surface area contributed by atoms with Gasteiger partial charge in [0.15, 0.2) is 0 Å². The summed E-state index contributed by atoms with van der Waals surface area (Å²) in [6.45, 7) is 0. The van der Waals surface area contributed by atoms with Crippen molar-refractivity contribution in [2.75, 3.05) is 5.32 Å². The van der Waals surface area contributed by atoms with Gasteiger partial charge in [-0.25, -0.2) is 4.98 Å². The first kappa shape index (κ1) is 13.7. The van der Waals surface area contributed by atoms with Crippen molar-refractivity contribution in [3.8, 4) is 0 Å². The van der Waals surface area contributed by atoms with Gasteiger partial charge in [0, 0.05) is 6.42 Å². The molecule has 0 radical (unpaired) electrons. The van der Waals surface area contributed by atoms with Crippen LogP contribution in [-0.2, 0) is 11.2 Å². The number of aromatic nitrogens is 1. The van der Waals surface area contributed by atoms with Crippen LogP contribution in [0.4, 0.5) is 5.82 Å². The normalized spacial score (nSPS) is 10.2. The number of benzene rings is 1. The van der Waals surface area contributed by atoms with E-state index in [0.29, 0.717) is 12.2 Å². The highest BCUT2D eigenvalue weighted by molar-refractivity contribution is 9.10. The summed E-state index contributed by atoms with van der Waals surface area (Å²) in [6, 6.07) is 15.6. The van der Waals surface area contributed by atoms with Crippen molar-refractivity contribution in [2.45, 2.75) is 19.3 Å². The van der Waals surface area contributed by atoms with E-state index in [1.165, 1.54) is 5.56 Å². The SMILES string of the molecule is O=C(CCCc1ccccc1)Nc1cccc(Br)n1. The van der Waals surface area contributed by atoms with E-state index in [-0.39, 0.29) is 5.91 Å². The third-order valence-electron chi connectivity index (χ3n) is 2.69.